The molecular formula is C29H19N5O4S. The molecule has 0 radical (unpaired) electrons. The molecule has 7 rings (SSSR count). The first-order chi connectivity index (χ1) is 19.1. The highest BCUT2D eigenvalue weighted by Gasteiger charge is 2.18. The van der Waals surface area contributed by atoms with Crippen molar-refractivity contribution in [3.8, 4) is 39.7 Å². The van der Waals surface area contributed by atoms with Gasteiger partial charge < -0.3 is 9.47 Å². The summed E-state index contributed by atoms with van der Waals surface area (Å²) >= 11 is 1.11. The fourth-order valence-corrected chi connectivity index (χ4v) is 5.34. The van der Waals surface area contributed by atoms with Crippen LogP contribution in [0.5, 0.6) is 11.5 Å². The molecule has 0 saturated carbocycles. The summed E-state index contributed by atoms with van der Waals surface area (Å²) in [6.07, 6.45) is 3.62. The van der Waals surface area contributed by atoms with Crippen molar-refractivity contribution < 1.29 is 9.47 Å². The van der Waals surface area contributed by atoms with Gasteiger partial charge in [0, 0.05) is 22.9 Å². The molecule has 1 aliphatic rings. The lowest BCUT2D eigenvalue weighted by molar-refractivity contribution is 0.171. The summed E-state index contributed by atoms with van der Waals surface area (Å²) in [5.74, 6) is 1.33. The number of nitrogens with zero attached hydrogens (tertiary/aromatic N) is 5. The maximum absolute atomic E-state index is 13.4. The van der Waals surface area contributed by atoms with Crippen LogP contribution in [0, 0.1) is 0 Å². The van der Waals surface area contributed by atoms with Gasteiger partial charge in [-0.1, -0.05) is 59.9 Å². The summed E-state index contributed by atoms with van der Waals surface area (Å²) in [6.45, 7) is 0.974. The standard InChI is InChI=1S/C29H19N5O4S/c35-27-26(18-7-3-1-4-8-18)32-34-28(36)24(39-29(34)30-27)16-20-17-33(21-9-5-2-6-10-21)31-25(20)19-11-12-22-23(15-19)38-14-13-37-22/h1-12,15-17H,13-14H2/b24-16-. The van der Waals surface area contributed by atoms with E-state index in [9.17, 15) is 9.59 Å². The third-order valence-corrected chi connectivity index (χ3v) is 7.26. The van der Waals surface area contributed by atoms with Crippen LogP contribution in [-0.4, -0.2) is 37.6 Å². The molecule has 190 valence electrons. The van der Waals surface area contributed by atoms with Gasteiger partial charge in [0.25, 0.3) is 5.56 Å². The molecule has 39 heavy (non-hydrogen) atoms. The molecule has 3 aromatic heterocycles. The number of rotatable bonds is 4. The van der Waals surface area contributed by atoms with Gasteiger partial charge >= 0.3 is 5.56 Å². The average Bonchev–Trinajstić information content (AvgIpc) is 3.54. The van der Waals surface area contributed by atoms with Crippen molar-refractivity contribution >= 4 is 22.4 Å². The number of para-hydroxylation sites is 1. The van der Waals surface area contributed by atoms with Gasteiger partial charge in [0.15, 0.2) is 17.2 Å². The summed E-state index contributed by atoms with van der Waals surface area (Å²) in [5, 5.41) is 9.21. The van der Waals surface area contributed by atoms with Gasteiger partial charge in [-0.05, 0) is 36.4 Å². The van der Waals surface area contributed by atoms with Gasteiger partial charge in [-0.2, -0.15) is 19.7 Å². The Labute approximate surface area is 224 Å². The van der Waals surface area contributed by atoms with Crippen LogP contribution in [0.4, 0.5) is 0 Å². The van der Waals surface area contributed by atoms with E-state index in [1.165, 1.54) is 4.52 Å². The highest BCUT2D eigenvalue weighted by Crippen LogP contribution is 2.35. The molecule has 0 fully saturated rings. The highest BCUT2D eigenvalue weighted by atomic mass is 32.1. The fraction of sp³-hybridized carbons (Fsp3) is 0.0690. The molecular weight excluding hydrogens is 514 g/mol. The van der Waals surface area contributed by atoms with Crippen molar-refractivity contribution in [2.75, 3.05) is 13.2 Å². The summed E-state index contributed by atoms with van der Waals surface area (Å²) in [6, 6.07) is 24.4. The largest absolute Gasteiger partial charge is 0.486 e. The Morgan fingerprint density at radius 3 is 2.33 bits per heavy atom. The fourth-order valence-electron chi connectivity index (χ4n) is 4.45. The van der Waals surface area contributed by atoms with E-state index >= 15 is 0 Å². The molecule has 3 aromatic carbocycles. The zero-order chi connectivity index (χ0) is 26.3. The Bertz CT molecular complexity index is 2020. The molecule has 10 heteroatoms. The smallest absolute Gasteiger partial charge is 0.300 e. The molecule has 0 amide bonds. The molecule has 6 aromatic rings. The Hall–Kier alpha value is -5.09. The first-order valence-electron chi connectivity index (χ1n) is 12.2. The Morgan fingerprint density at radius 2 is 1.54 bits per heavy atom. The van der Waals surface area contributed by atoms with E-state index in [1.54, 1.807) is 35.0 Å². The number of aromatic nitrogens is 5. The maximum Gasteiger partial charge on any atom is 0.300 e. The van der Waals surface area contributed by atoms with E-state index in [2.05, 4.69) is 10.1 Å². The van der Waals surface area contributed by atoms with Crippen LogP contribution in [0.2, 0.25) is 0 Å². The van der Waals surface area contributed by atoms with E-state index in [0.29, 0.717) is 46.1 Å². The zero-order valence-corrected chi connectivity index (χ0v) is 21.2. The molecule has 0 spiro atoms. The zero-order valence-electron chi connectivity index (χ0n) is 20.4. The number of thiazole rings is 1. The molecule has 0 bridgehead atoms. The lowest BCUT2D eigenvalue weighted by Gasteiger charge is -2.18. The molecule has 0 N–H and O–H groups in total. The third-order valence-electron chi connectivity index (χ3n) is 6.30. The van der Waals surface area contributed by atoms with Crippen LogP contribution in [0.3, 0.4) is 0 Å². The van der Waals surface area contributed by atoms with Crippen LogP contribution in [0.15, 0.2) is 94.6 Å². The number of hydrogen-bond donors (Lipinski definition) is 0. The van der Waals surface area contributed by atoms with Crippen LogP contribution < -0.4 is 25.1 Å². The lowest BCUT2D eigenvalue weighted by atomic mass is 10.1. The predicted molar refractivity (Wildman–Crippen MR) is 148 cm³/mol. The van der Waals surface area contributed by atoms with Crippen molar-refractivity contribution in [3.63, 3.8) is 0 Å². The summed E-state index contributed by atoms with van der Waals surface area (Å²) in [7, 11) is 0. The molecule has 9 nitrogen and oxygen atoms in total. The van der Waals surface area contributed by atoms with E-state index in [-0.39, 0.29) is 16.2 Å². The van der Waals surface area contributed by atoms with E-state index in [0.717, 1.165) is 22.6 Å². The maximum atomic E-state index is 13.4. The third kappa shape index (κ3) is 4.16. The molecule has 0 unspecified atom stereocenters. The molecule has 1 aliphatic heterocycles. The van der Waals surface area contributed by atoms with Gasteiger partial charge in [-0.25, -0.2) is 4.68 Å². The van der Waals surface area contributed by atoms with Crippen LogP contribution >= 0.6 is 11.3 Å². The van der Waals surface area contributed by atoms with Gasteiger partial charge in [0.2, 0.25) is 4.96 Å². The first kappa shape index (κ1) is 23.1. The van der Waals surface area contributed by atoms with Crippen molar-refractivity contribution in [2.24, 2.45) is 0 Å². The molecule has 4 heterocycles. The van der Waals surface area contributed by atoms with Crippen molar-refractivity contribution in [2.45, 2.75) is 0 Å². The number of benzene rings is 3. The minimum atomic E-state index is -0.483. The van der Waals surface area contributed by atoms with Gasteiger partial charge in [0.05, 0.1) is 10.2 Å². The quantitative estimate of drug-likeness (QED) is 0.343. The summed E-state index contributed by atoms with van der Waals surface area (Å²) < 4.78 is 14.8. The van der Waals surface area contributed by atoms with Crippen molar-refractivity contribution in [3.05, 3.63) is 116 Å². The molecule has 0 saturated heterocycles. The van der Waals surface area contributed by atoms with Crippen LogP contribution in [-0.2, 0) is 0 Å². The van der Waals surface area contributed by atoms with E-state index in [1.807, 2.05) is 60.8 Å². The second kappa shape index (κ2) is 9.34. The van der Waals surface area contributed by atoms with E-state index < -0.39 is 5.56 Å². The molecule has 0 atom stereocenters. The number of ether oxygens (including phenoxy) is 2. The lowest BCUT2D eigenvalue weighted by Crippen LogP contribution is -2.26. The van der Waals surface area contributed by atoms with Crippen molar-refractivity contribution in [1.29, 1.82) is 0 Å². The van der Waals surface area contributed by atoms with Gasteiger partial charge in [-0.15, -0.1) is 0 Å². The second-order valence-electron chi connectivity index (χ2n) is 8.81. The topological polar surface area (TPSA) is 101 Å². The summed E-state index contributed by atoms with van der Waals surface area (Å²) in [4.78, 5) is 30.5. The van der Waals surface area contributed by atoms with Crippen LogP contribution in [0.25, 0.3) is 39.2 Å². The predicted octanol–water partition coefficient (Wildman–Crippen LogP) is 3.35. The minimum Gasteiger partial charge on any atom is -0.486 e. The van der Waals surface area contributed by atoms with Gasteiger partial charge in [0.1, 0.15) is 18.9 Å². The summed E-state index contributed by atoms with van der Waals surface area (Å²) in [5.41, 5.74) is 2.94. The molecule has 0 aliphatic carbocycles. The Morgan fingerprint density at radius 1 is 0.795 bits per heavy atom. The van der Waals surface area contributed by atoms with Gasteiger partial charge in [-0.3, -0.25) is 9.59 Å². The van der Waals surface area contributed by atoms with E-state index in [4.69, 9.17) is 14.6 Å². The van der Waals surface area contributed by atoms with Crippen molar-refractivity contribution in [1.82, 2.24) is 24.4 Å². The van der Waals surface area contributed by atoms with Crippen LogP contribution in [0.1, 0.15) is 5.56 Å². The Kier molecular flexibility index (Phi) is 5.52. The SMILES string of the molecule is O=c1nc2s/c(=C\c3cn(-c4ccccc4)nc3-c3ccc4c(c3)OCCO4)c(=O)n2nc1-c1ccccc1. The highest BCUT2D eigenvalue weighted by molar-refractivity contribution is 7.15. The normalized spacial score (nSPS) is 13.2. The second-order valence-corrected chi connectivity index (χ2v) is 9.82. The number of hydrogen-bond acceptors (Lipinski definition) is 8. The Balaban J connectivity index is 1.41. The minimum absolute atomic E-state index is 0.128. The average molecular weight is 534 g/mol. The monoisotopic (exact) mass is 533 g/mol. The number of fused-ring (bicyclic) bond motifs is 2. The first-order valence-corrected chi connectivity index (χ1v) is 13.0.